The van der Waals surface area contributed by atoms with E-state index < -0.39 is 17.8 Å². The van der Waals surface area contributed by atoms with E-state index in [1.165, 1.54) is 6.07 Å². The number of aliphatic carboxylic acids is 1. The summed E-state index contributed by atoms with van der Waals surface area (Å²) in [6, 6.07) is 1.17. The number of hydrogen-bond donors (Lipinski definition) is 2. The smallest absolute Gasteiger partial charge is 0.326 e. The van der Waals surface area contributed by atoms with Crippen LogP contribution in [-0.4, -0.2) is 16.1 Å². The number of rotatable bonds is 2. The monoisotopic (exact) mass is 170 g/mol. The molecular weight excluding hydrogens is 163 g/mol. The van der Waals surface area contributed by atoms with E-state index in [0.717, 1.165) is 12.3 Å². The zero-order valence-corrected chi connectivity index (χ0v) is 6.07. The van der Waals surface area contributed by atoms with Gasteiger partial charge in [0, 0.05) is 0 Å². The average molecular weight is 170 g/mol. The van der Waals surface area contributed by atoms with Crippen molar-refractivity contribution < 1.29 is 14.3 Å². The van der Waals surface area contributed by atoms with Crippen LogP contribution in [0.4, 0.5) is 4.39 Å². The minimum Gasteiger partial charge on any atom is -0.480 e. The number of hydrogen-bond acceptors (Lipinski definition) is 3. The fourth-order valence-corrected chi connectivity index (χ4v) is 0.698. The van der Waals surface area contributed by atoms with E-state index in [0.29, 0.717) is 0 Å². The second-order valence-electron chi connectivity index (χ2n) is 2.22. The summed E-state index contributed by atoms with van der Waals surface area (Å²) in [6.45, 7) is 0. The molecule has 0 unspecified atom stereocenters. The topological polar surface area (TPSA) is 76.2 Å². The van der Waals surface area contributed by atoms with Gasteiger partial charge in [-0.25, -0.2) is 4.39 Å². The average Bonchev–Trinajstić information content (AvgIpc) is 2.04. The number of aromatic nitrogens is 1. The van der Waals surface area contributed by atoms with Crippen LogP contribution in [0, 0.1) is 5.82 Å². The first-order valence-electron chi connectivity index (χ1n) is 3.21. The number of carboxylic acid groups (broad SMARTS) is 1. The number of carbonyl (C=O) groups is 1. The summed E-state index contributed by atoms with van der Waals surface area (Å²) in [4.78, 5) is 13.8. The molecule has 64 valence electrons. The zero-order valence-electron chi connectivity index (χ0n) is 6.07. The highest BCUT2D eigenvalue weighted by Gasteiger charge is 2.14. The molecule has 4 nitrogen and oxygen atoms in total. The van der Waals surface area contributed by atoms with Gasteiger partial charge in [-0.05, 0) is 12.1 Å². The molecule has 0 aliphatic heterocycles. The van der Waals surface area contributed by atoms with Crippen LogP contribution in [0.15, 0.2) is 18.3 Å². The summed E-state index contributed by atoms with van der Waals surface area (Å²) in [5.74, 6) is -1.70. The molecule has 1 atom stereocenters. The van der Waals surface area contributed by atoms with Crippen LogP contribution in [0.2, 0.25) is 0 Å². The highest BCUT2D eigenvalue weighted by molar-refractivity contribution is 5.74. The molecule has 0 aliphatic carbocycles. The van der Waals surface area contributed by atoms with Gasteiger partial charge in [-0.1, -0.05) is 0 Å². The predicted octanol–water partition coefficient (Wildman–Crippen LogP) is 0.305. The van der Waals surface area contributed by atoms with E-state index >= 15 is 0 Å². The van der Waals surface area contributed by atoms with Crippen LogP contribution in [0.1, 0.15) is 11.7 Å². The molecule has 0 spiro atoms. The van der Waals surface area contributed by atoms with Gasteiger partial charge < -0.3 is 10.8 Å². The number of carboxylic acids is 1. The Hall–Kier alpha value is -1.49. The zero-order chi connectivity index (χ0) is 9.14. The minimum atomic E-state index is -1.19. The lowest BCUT2D eigenvalue weighted by molar-refractivity contribution is -0.138. The fraction of sp³-hybridized carbons (Fsp3) is 0.143. The number of nitrogens with zero attached hydrogens (tertiary/aromatic N) is 1. The molecule has 1 aromatic heterocycles. The van der Waals surface area contributed by atoms with Gasteiger partial charge in [-0.3, -0.25) is 9.78 Å². The van der Waals surface area contributed by atoms with E-state index in [1.54, 1.807) is 0 Å². The van der Waals surface area contributed by atoms with Gasteiger partial charge in [-0.15, -0.1) is 0 Å². The third kappa shape index (κ3) is 1.76. The van der Waals surface area contributed by atoms with E-state index in [-0.39, 0.29) is 5.69 Å². The van der Waals surface area contributed by atoms with Gasteiger partial charge in [0.05, 0.1) is 11.9 Å². The quantitative estimate of drug-likeness (QED) is 0.669. The third-order valence-corrected chi connectivity index (χ3v) is 1.33. The molecule has 5 heteroatoms. The lowest BCUT2D eigenvalue weighted by Gasteiger charge is -2.03. The van der Waals surface area contributed by atoms with Gasteiger partial charge in [0.1, 0.15) is 11.9 Å². The van der Waals surface area contributed by atoms with E-state index in [1.807, 2.05) is 0 Å². The lowest BCUT2D eigenvalue weighted by atomic mass is 10.2. The second kappa shape index (κ2) is 3.27. The molecule has 0 aromatic carbocycles. The number of halogens is 1. The van der Waals surface area contributed by atoms with Crippen molar-refractivity contribution in [2.45, 2.75) is 6.04 Å². The van der Waals surface area contributed by atoms with Crippen molar-refractivity contribution in [1.29, 1.82) is 0 Å². The Morgan fingerprint density at radius 2 is 2.33 bits per heavy atom. The Morgan fingerprint density at radius 3 is 2.75 bits per heavy atom. The van der Waals surface area contributed by atoms with Gasteiger partial charge >= 0.3 is 5.97 Å². The van der Waals surface area contributed by atoms with Crippen molar-refractivity contribution in [3.8, 4) is 0 Å². The second-order valence-corrected chi connectivity index (χ2v) is 2.22. The van der Waals surface area contributed by atoms with Crippen LogP contribution in [0.5, 0.6) is 0 Å². The van der Waals surface area contributed by atoms with E-state index in [9.17, 15) is 9.18 Å². The summed E-state index contributed by atoms with van der Waals surface area (Å²) in [7, 11) is 0. The molecule has 1 aromatic rings. The molecule has 0 saturated heterocycles. The first-order chi connectivity index (χ1) is 5.61. The van der Waals surface area contributed by atoms with Crippen molar-refractivity contribution in [3.05, 3.63) is 29.8 Å². The summed E-state index contributed by atoms with van der Waals surface area (Å²) >= 11 is 0. The molecule has 0 amide bonds. The van der Waals surface area contributed by atoms with Gasteiger partial charge in [0.15, 0.2) is 0 Å². The molecule has 0 saturated carbocycles. The Balaban J connectivity index is 2.89. The van der Waals surface area contributed by atoms with Crippen LogP contribution in [-0.2, 0) is 4.79 Å². The first kappa shape index (κ1) is 8.61. The van der Waals surface area contributed by atoms with Crippen molar-refractivity contribution >= 4 is 5.97 Å². The van der Waals surface area contributed by atoms with Crippen LogP contribution < -0.4 is 5.73 Å². The standard InChI is InChI=1S/C7H7FN2O2/c8-4-1-2-5(10-3-4)6(9)7(11)12/h1-3,6H,9H2,(H,11,12)/t6-/m1/s1. The summed E-state index contributed by atoms with van der Waals surface area (Å²) < 4.78 is 12.3. The molecule has 12 heavy (non-hydrogen) atoms. The highest BCUT2D eigenvalue weighted by atomic mass is 19.1. The van der Waals surface area contributed by atoms with Crippen molar-refractivity contribution in [1.82, 2.24) is 4.98 Å². The summed E-state index contributed by atoms with van der Waals surface area (Å²) in [5.41, 5.74) is 5.35. The number of pyridine rings is 1. The molecule has 1 rings (SSSR count). The van der Waals surface area contributed by atoms with Crippen molar-refractivity contribution in [2.75, 3.05) is 0 Å². The lowest BCUT2D eigenvalue weighted by Crippen LogP contribution is -2.21. The number of nitrogens with two attached hydrogens (primary N) is 1. The van der Waals surface area contributed by atoms with Gasteiger partial charge in [0.2, 0.25) is 0 Å². The molecule has 0 bridgehead atoms. The minimum absolute atomic E-state index is 0.143. The van der Waals surface area contributed by atoms with E-state index in [4.69, 9.17) is 10.8 Å². The van der Waals surface area contributed by atoms with Crippen LogP contribution in [0.25, 0.3) is 0 Å². The molecule has 3 N–H and O–H groups in total. The normalized spacial score (nSPS) is 12.5. The van der Waals surface area contributed by atoms with Gasteiger partial charge in [-0.2, -0.15) is 0 Å². The molecule has 0 fully saturated rings. The SMILES string of the molecule is N[C@@H](C(=O)O)c1ccc(F)cn1. The predicted molar refractivity (Wildman–Crippen MR) is 38.8 cm³/mol. The Labute approximate surface area is 67.8 Å². The fourth-order valence-electron chi connectivity index (χ4n) is 0.698. The molecular formula is C7H7FN2O2. The summed E-state index contributed by atoms with van der Waals surface area (Å²) in [5, 5.41) is 8.45. The maximum absolute atomic E-state index is 12.3. The highest BCUT2D eigenvalue weighted by Crippen LogP contribution is 2.06. The third-order valence-electron chi connectivity index (χ3n) is 1.33. The maximum atomic E-state index is 12.3. The largest absolute Gasteiger partial charge is 0.480 e. The van der Waals surface area contributed by atoms with Crippen LogP contribution in [0.3, 0.4) is 0 Å². The van der Waals surface area contributed by atoms with Crippen molar-refractivity contribution in [3.63, 3.8) is 0 Å². The van der Waals surface area contributed by atoms with E-state index in [2.05, 4.69) is 4.98 Å². The van der Waals surface area contributed by atoms with Gasteiger partial charge in [0.25, 0.3) is 0 Å². The Bertz CT molecular complexity index is 286. The molecule has 1 heterocycles. The molecule has 0 aliphatic rings. The molecule has 0 radical (unpaired) electrons. The Morgan fingerprint density at radius 1 is 1.67 bits per heavy atom. The first-order valence-corrected chi connectivity index (χ1v) is 3.21. The summed E-state index contributed by atoms with van der Waals surface area (Å²) in [6.07, 6.45) is 0.929. The Kier molecular flexibility index (Phi) is 2.35. The maximum Gasteiger partial charge on any atom is 0.326 e. The van der Waals surface area contributed by atoms with Crippen molar-refractivity contribution in [2.24, 2.45) is 5.73 Å². The van der Waals surface area contributed by atoms with Crippen LogP contribution >= 0.6 is 0 Å².